The van der Waals surface area contributed by atoms with Gasteiger partial charge in [-0.3, -0.25) is 14.0 Å². The topological polar surface area (TPSA) is 85.8 Å². The smallest absolute Gasteiger partial charge is 0.261 e. The average molecular weight is 299 g/mol. The maximum Gasteiger partial charge on any atom is 0.261 e. The van der Waals surface area contributed by atoms with Gasteiger partial charge in [-0.15, -0.1) is 0 Å². The zero-order valence-electron chi connectivity index (χ0n) is 11.6. The van der Waals surface area contributed by atoms with Crippen LogP contribution in [0.4, 0.5) is 0 Å². The predicted molar refractivity (Wildman–Crippen MR) is 77.5 cm³/mol. The molecule has 22 heavy (non-hydrogen) atoms. The molecule has 0 radical (unpaired) electrons. The SMILES string of the molecule is O=C(COc1cc(=O)n2ccccc2n1)NCc1ccco1. The number of fused-ring (bicyclic) bond motifs is 1. The molecule has 0 fully saturated rings. The zero-order valence-corrected chi connectivity index (χ0v) is 11.6. The summed E-state index contributed by atoms with van der Waals surface area (Å²) in [5.74, 6) is 0.436. The summed E-state index contributed by atoms with van der Waals surface area (Å²) in [7, 11) is 0. The first-order chi connectivity index (χ1) is 10.7. The van der Waals surface area contributed by atoms with Crippen LogP contribution in [0.2, 0.25) is 0 Å². The summed E-state index contributed by atoms with van der Waals surface area (Å²) in [6, 6.07) is 9.93. The Hall–Kier alpha value is -3.09. The number of amides is 1. The Kier molecular flexibility index (Phi) is 3.86. The molecular weight excluding hydrogens is 286 g/mol. The van der Waals surface area contributed by atoms with Crippen molar-refractivity contribution in [1.82, 2.24) is 14.7 Å². The first kappa shape index (κ1) is 13.9. The van der Waals surface area contributed by atoms with Crippen molar-refractivity contribution in [3.05, 3.63) is 65.0 Å². The molecular formula is C15H13N3O4. The van der Waals surface area contributed by atoms with Crippen molar-refractivity contribution in [2.75, 3.05) is 6.61 Å². The van der Waals surface area contributed by atoms with Crippen LogP contribution >= 0.6 is 0 Å². The van der Waals surface area contributed by atoms with Crippen LogP contribution in [0.25, 0.3) is 5.65 Å². The molecule has 0 aromatic carbocycles. The molecule has 1 N–H and O–H groups in total. The molecule has 7 heteroatoms. The van der Waals surface area contributed by atoms with Crippen molar-refractivity contribution in [1.29, 1.82) is 0 Å². The van der Waals surface area contributed by atoms with E-state index in [0.29, 0.717) is 11.4 Å². The molecule has 0 saturated carbocycles. The summed E-state index contributed by atoms with van der Waals surface area (Å²) >= 11 is 0. The number of aromatic nitrogens is 2. The lowest BCUT2D eigenvalue weighted by Crippen LogP contribution is -2.28. The van der Waals surface area contributed by atoms with Crippen molar-refractivity contribution in [2.24, 2.45) is 0 Å². The lowest BCUT2D eigenvalue weighted by Gasteiger charge is -2.07. The zero-order chi connectivity index (χ0) is 15.4. The monoisotopic (exact) mass is 299 g/mol. The first-order valence-electron chi connectivity index (χ1n) is 6.63. The van der Waals surface area contributed by atoms with Gasteiger partial charge >= 0.3 is 0 Å². The third kappa shape index (κ3) is 3.14. The highest BCUT2D eigenvalue weighted by molar-refractivity contribution is 5.77. The highest BCUT2D eigenvalue weighted by Crippen LogP contribution is 2.05. The van der Waals surface area contributed by atoms with Crippen molar-refractivity contribution >= 4 is 11.6 Å². The normalized spacial score (nSPS) is 10.5. The van der Waals surface area contributed by atoms with E-state index in [-0.39, 0.29) is 30.5 Å². The minimum Gasteiger partial charge on any atom is -0.467 e. The highest BCUT2D eigenvalue weighted by atomic mass is 16.5. The molecule has 0 unspecified atom stereocenters. The molecule has 0 aliphatic carbocycles. The maximum absolute atomic E-state index is 11.9. The number of ether oxygens (including phenoxy) is 1. The Morgan fingerprint density at radius 1 is 1.32 bits per heavy atom. The molecule has 0 atom stereocenters. The van der Waals surface area contributed by atoms with Crippen molar-refractivity contribution < 1.29 is 13.9 Å². The van der Waals surface area contributed by atoms with E-state index >= 15 is 0 Å². The molecule has 3 rings (SSSR count). The fraction of sp³-hybridized carbons (Fsp3) is 0.133. The van der Waals surface area contributed by atoms with Crippen LogP contribution in [-0.4, -0.2) is 21.9 Å². The molecule has 0 spiro atoms. The van der Waals surface area contributed by atoms with E-state index < -0.39 is 0 Å². The second-order valence-electron chi connectivity index (χ2n) is 4.51. The van der Waals surface area contributed by atoms with Gasteiger partial charge < -0.3 is 14.5 Å². The third-order valence-electron chi connectivity index (χ3n) is 2.94. The van der Waals surface area contributed by atoms with Gasteiger partial charge in [-0.05, 0) is 24.3 Å². The molecule has 0 bridgehead atoms. The molecule has 7 nitrogen and oxygen atoms in total. The summed E-state index contributed by atoms with van der Waals surface area (Å²) in [5.41, 5.74) is 0.192. The molecule has 3 aromatic rings. The summed E-state index contributed by atoms with van der Waals surface area (Å²) in [5, 5.41) is 2.64. The number of hydrogen-bond acceptors (Lipinski definition) is 5. The van der Waals surface area contributed by atoms with E-state index in [1.807, 2.05) is 0 Å². The van der Waals surface area contributed by atoms with Gasteiger partial charge in [-0.25, -0.2) is 0 Å². The highest BCUT2D eigenvalue weighted by Gasteiger charge is 2.07. The summed E-state index contributed by atoms with van der Waals surface area (Å²) in [6.45, 7) is 0.0547. The Balaban J connectivity index is 1.61. The Morgan fingerprint density at radius 3 is 3.05 bits per heavy atom. The molecule has 112 valence electrons. The molecule has 0 aliphatic heterocycles. The predicted octanol–water partition coefficient (Wildman–Crippen LogP) is 0.983. The maximum atomic E-state index is 11.9. The van der Waals surface area contributed by atoms with E-state index in [2.05, 4.69) is 10.3 Å². The van der Waals surface area contributed by atoms with Crippen LogP contribution in [0.5, 0.6) is 5.88 Å². The summed E-state index contributed by atoms with van der Waals surface area (Å²) < 4.78 is 11.8. The lowest BCUT2D eigenvalue weighted by atomic mass is 10.4. The number of nitrogens with one attached hydrogen (secondary N) is 1. The van der Waals surface area contributed by atoms with Crippen LogP contribution < -0.4 is 15.6 Å². The number of nitrogens with zero attached hydrogens (tertiary/aromatic N) is 2. The van der Waals surface area contributed by atoms with Gasteiger partial charge in [-0.1, -0.05) is 6.07 Å². The molecule has 1 amide bonds. The third-order valence-corrected chi connectivity index (χ3v) is 2.94. The minimum absolute atomic E-state index is 0.115. The second-order valence-corrected chi connectivity index (χ2v) is 4.51. The molecule has 3 aromatic heterocycles. The van der Waals surface area contributed by atoms with Gasteiger partial charge in [0, 0.05) is 6.20 Å². The second kappa shape index (κ2) is 6.13. The van der Waals surface area contributed by atoms with E-state index in [1.165, 1.54) is 16.7 Å². The van der Waals surface area contributed by atoms with Crippen LogP contribution in [0.1, 0.15) is 5.76 Å². The Bertz CT molecular complexity index is 839. The van der Waals surface area contributed by atoms with Crippen molar-refractivity contribution in [2.45, 2.75) is 6.54 Å². The lowest BCUT2D eigenvalue weighted by molar-refractivity contribution is -0.123. The molecule has 3 heterocycles. The standard InChI is InChI=1S/C15H13N3O4/c19-13(16-9-11-4-3-7-21-11)10-22-14-8-15(20)18-6-2-1-5-12(18)17-14/h1-8H,9-10H2,(H,16,19). The van der Waals surface area contributed by atoms with Gasteiger partial charge in [0.1, 0.15) is 11.4 Å². The summed E-state index contributed by atoms with van der Waals surface area (Å²) in [6.07, 6.45) is 3.15. The van der Waals surface area contributed by atoms with Gasteiger partial charge in [-0.2, -0.15) is 4.98 Å². The number of pyridine rings is 1. The fourth-order valence-electron chi connectivity index (χ4n) is 1.90. The van der Waals surface area contributed by atoms with E-state index in [4.69, 9.17) is 9.15 Å². The largest absolute Gasteiger partial charge is 0.467 e. The van der Waals surface area contributed by atoms with Crippen LogP contribution in [0.15, 0.2) is 58.1 Å². The van der Waals surface area contributed by atoms with Gasteiger partial charge in [0.15, 0.2) is 6.61 Å². The average Bonchev–Trinajstić information content (AvgIpc) is 3.04. The number of furan rings is 1. The Labute approximate surface area is 125 Å². The number of carbonyl (C=O) groups is 1. The number of hydrogen-bond donors (Lipinski definition) is 1. The van der Waals surface area contributed by atoms with Crippen molar-refractivity contribution in [3.8, 4) is 5.88 Å². The van der Waals surface area contributed by atoms with E-state index in [0.717, 1.165) is 0 Å². The first-order valence-corrected chi connectivity index (χ1v) is 6.63. The number of carbonyl (C=O) groups excluding carboxylic acids is 1. The number of rotatable bonds is 5. The van der Waals surface area contributed by atoms with Crippen molar-refractivity contribution in [3.63, 3.8) is 0 Å². The summed E-state index contributed by atoms with van der Waals surface area (Å²) in [4.78, 5) is 27.7. The quantitative estimate of drug-likeness (QED) is 0.759. The Morgan fingerprint density at radius 2 is 2.23 bits per heavy atom. The van der Waals surface area contributed by atoms with Gasteiger partial charge in [0.05, 0.1) is 18.9 Å². The van der Waals surface area contributed by atoms with Crippen LogP contribution in [0.3, 0.4) is 0 Å². The van der Waals surface area contributed by atoms with Gasteiger partial charge in [0.2, 0.25) is 5.88 Å². The van der Waals surface area contributed by atoms with E-state index in [1.54, 1.807) is 36.5 Å². The van der Waals surface area contributed by atoms with Crippen LogP contribution in [-0.2, 0) is 11.3 Å². The minimum atomic E-state index is -0.327. The van der Waals surface area contributed by atoms with Gasteiger partial charge in [0.25, 0.3) is 11.5 Å². The fourth-order valence-corrected chi connectivity index (χ4v) is 1.90. The van der Waals surface area contributed by atoms with E-state index in [9.17, 15) is 9.59 Å². The van der Waals surface area contributed by atoms with Crippen LogP contribution in [0, 0.1) is 0 Å². The molecule has 0 saturated heterocycles. The molecule has 0 aliphatic rings.